The molecule has 20 heavy (non-hydrogen) atoms. The molecule has 3 atom stereocenters. The molecule has 1 aromatic rings. The lowest BCUT2D eigenvalue weighted by Gasteiger charge is -2.32. The molecule has 1 N–H and O–H groups in total. The normalized spacial score (nSPS) is 29.1. The van der Waals surface area contributed by atoms with Gasteiger partial charge in [0.05, 0.1) is 5.92 Å². The van der Waals surface area contributed by atoms with Crippen molar-refractivity contribution in [2.75, 3.05) is 6.61 Å². The molecule has 1 saturated carbocycles. The van der Waals surface area contributed by atoms with E-state index in [0.717, 1.165) is 24.2 Å². The van der Waals surface area contributed by atoms with Crippen molar-refractivity contribution in [1.82, 2.24) is 5.32 Å². The number of hydrogen-bond acceptors (Lipinski definition) is 2. The van der Waals surface area contributed by atoms with Crippen LogP contribution in [0, 0.1) is 11.8 Å². The van der Waals surface area contributed by atoms with Crippen LogP contribution in [-0.4, -0.2) is 18.6 Å². The van der Waals surface area contributed by atoms with Gasteiger partial charge < -0.3 is 10.1 Å². The largest absolute Gasteiger partial charge is 0.492 e. The number of para-hydroxylation sites is 1. The number of benzene rings is 1. The van der Waals surface area contributed by atoms with Crippen molar-refractivity contribution in [3.05, 3.63) is 29.8 Å². The number of fused-ring (bicyclic) bond motifs is 1. The minimum Gasteiger partial charge on any atom is -0.492 e. The van der Waals surface area contributed by atoms with Crippen LogP contribution in [-0.2, 0) is 11.2 Å². The molecule has 0 aromatic heterocycles. The molecule has 3 heteroatoms. The lowest BCUT2D eigenvalue weighted by Crippen LogP contribution is -2.46. The monoisotopic (exact) mass is 273 g/mol. The molecular formula is C17H23NO2. The van der Waals surface area contributed by atoms with Gasteiger partial charge in [-0.2, -0.15) is 0 Å². The SMILES string of the molecule is C[C@@H]1CCCC[C@H]1NC(=O)[C@H]1COc2ccccc2C1. The Morgan fingerprint density at radius 3 is 2.90 bits per heavy atom. The van der Waals surface area contributed by atoms with Gasteiger partial charge in [-0.1, -0.05) is 38.0 Å². The molecule has 108 valence electrons. The van der Waals surface area contributed by atoms with E-state index in [1.54, 1.807) is 0 Å². The van der Waals surface area contributed by atoms with Crippen LogP contribution in [0.5, 0.6) is 5.75 Å². The summed E-state index contributed by atoms with van der Waals surface area (Å²) in [5.74, 6) is 1.66. The molecule has 3 nitrogen and oxygen atoms in total. The molecule has 0 spiro atoms. The first-order valence-electron chi connectivity index (χ1n) is 7.75. The van der Waals surface area contributed by atoms with Crippen molar-refractivity contribution in [3.8, 4) is 5.75 Å². The van der Waals surface area contributed by atoms with Crippen molar-refractivity contribution in [3.63, 3.8) is 0 Å². The predicted octanol–water partition coefficient (Wildman–Crippen LogP) is 2.93. The van der Waals surface area contributed by atoms with Gasteiger partial charge in [-0.25, -0.2) is 0 Å². The summed E-state index contributed by atoms with van der Waals surface area (Å²) in [4.78, 5) is 12.4. The molecule has 3 rings (SSSR count). The van der Waals surface area contributed by atoms with E-state index in [1.807, 2.05) is 18.2 Å². The van der Waals surface area contributed by atoms with E-state index in [0.29, 0.717) is 18.6 Å². The maximum absolute atomic E-state index is 12.4. The Hall–Kier alpha value is -1.51. The van der Waals surface area contributed by atoms with Gasteiger partial charge in [0.2, 0.25) is 5.91 Å². The van der Waals surface area contributed by atoms with Gasteiger partial charge in [0, 0.05) is 6.04 Å². The highest BCUT2D eigenvalue weighted by atomic mass is 16.5. The van der Waals surface area contributed by atoms with Crippen LogP contribution in [0.2, 0.25) is 0 Å². The van der Waals surface area contributed by atoms with Crippen molar-refractivity contribution in [2.24, 2.45) is 11.8 Å². The van der Waals surface area contributed by atoms with E-state index in [2.05, 4.69) is 18.3 Å². The molecule has 1 aromatic carbocycles. The summed E-state index contributed by atoms with van der Waals surface area (Å²) in [6.45, 7) is 2.75. The third-order valence-electron chi connectivity index (χ3n) is 4.69. The molecule has 0 bridgehead atoms. The van der Waals surface area contributed by atoms with Gasteiger partial charge in [0.15, 0.2) is 0 Å². The van der Waals surface area contributed by atoms with Crippen molar-refractivity contribution >= 4 is 5.91 Å². The number of ether oxygens (including phenoxy) is 1. The summed E-state index contributed by atoms with van der Waals surface area (Å²) in [7, 11) is 0. The predicted molar refractivity (Wildman–Crippen MR) is 78.7 cm³/mol. The van der Waals surface area contributed by atoms with E-state index in [1.165, 1.54) is 19.3 Å². The summed E-state index contributed by atoms with van der Waals surface area (Å²) in [5.41, 5.74) is 1.15. The van der Waals surface area contributed by atoms with Crippen LogP contribution >= 0.6 is 0 Å². The van der Waals surface area contributed by atoms with Crippen LogP contribution in [0.1, 0.15) is 38.2 Å². The standard InChI is InChI=1S/C17H23NO2/c1-12-6-2-4-8-15(12)18-17(19)14-10-13-7-3-5-9-16(13)20-11-14/h3,5,7,9,12,14-15H,2,4,6,8,10-11H2,1H3,(H,18,19)/t12-,14-,15-/m1/s1. The molecule has 0 unspecified atom stereocenters. The second-order valence-corrected chi connectivity index (χ2v) is 6.20. The Morgan fingerprint density at radius 2 is 2.05 bits per heavy atom. The highest BCUT2D eigenvalue weighted by Gasteiger charge is 2.29. The van der Waals surface area contributed by atoms with Crippen LogP contribution in [0.3, 0.4) is 0 Å². The maximum atomic E-state index is 12.4. The molecule has 1 fully saturated rings. The van der Waals surface area contributed by atoms with Crippen LogP contribution in [0.15, 0.2) is 24.3 Å². The lowest BCUT2D eigenvalue weighted by atomic mass is 9.85. The zero-order valence-corrected chi connectivity index (χ0v) is 12.1. The first-order valence-corrected chi connectivity index (χ1v) is 7.75. The van der Waals surface area contributed by atoms with Crippen molar-refractivity contribution in [2.45, 2.75) is 45.1 Å². The number of carbonyl (C=O) groups is 1. The summed E-state index contributed by atoms with van der Waals surface area (Å²) in [6.07, 6.45) is 5.68. The summed E-state index contributed by atoms with van der Waals surface area (Å²) >= 11 is 0. The Kier molecular flexibility index (Phi) is 3.95. The fraction of sp³-hybridized carbons (Fsp3) is 0.588. The molecule has 0 radical (unpaired) electrons. The molecule has 1 amide bonds. The van der Waals surface area contributed by atoms with E-state index in [4.69, 9.17) is 4.74 Å². The number of nitrogens with one attached hydrogen (secondary N) is 1. The molecule has 0 saturated heterocycles. The fourth-order valence-electron chi connectivity index (χ4n) is 3.33. The lowest BCUT2D eigenvalue weighted by molar-refractivity contribution is -0.127. The molecule has 1 aliphatic heterocycles. The third kappa shape index (κ3) is 2.82. The molecule has 1 aliphatic carbocycles. The minimum atomic E-state index is -0.0426. The minimum absolute atomic E-state index is 0.0426. The Morgan fingerprint density at radius 1 is 1.25 bits per heavy atom. The van der Waals surface area contributed by atoms with Gasteiger partial charge in [-0.15, -0.1) is 0 Å². The topological polar surface area (TPSA) is 38.3 Å². The summed E-state index contributed by atoms with van der Waals surface area (Å²) < 4.78 is 5.71. The average molecular weight is 273 g/mol. The highest BCUT2D eigenvalue weighted by molar-refractivity contribution is 5.80. The smallest absolute Gasteiger partial charge is 0.227 e. The molecule has 1 heterocycles. The van der Waals surface area contributed by atoms with Gasteiger partial charge in [0.1, 0.15) is 12.4 Å². The van der Waals surface area contributed by atoms with Gasteiger partial charge in [-0.3, -0.25) is 4.79 Å². The fourth-order valence-corrected chi connectivity index (χ4v) is 3.33. The Balaban J connectivity index is 1.61. The van der Waals surface area contributed by atoms with E-state index in [-0.39, 0.29) is 11.8 Å². The summed E-state index contributed by atoms with van der Waals surface area (Å²) in [6, 6.07) is 8.37. The third-order valence-corrected chi connectivity index (χ3v) is 4.69. The number of hydrogen-bond donors (Lipinski definition) is 1. The van der Waals surface area contributed by atoms with E-state index >= 15 is 0 Å². The van der Waals surface area contributed by atoms with E-state index in [9.17, 15) is 4.79 Å². The number of amides is 1. The van der Waals surface area contributed by atoms with Crippen LogP contribution in [0.25, 0.3) is 0 Å². The Bertz CT molecular complexity index is 486. The maximum Gasteiger partial charge on any atom is 0.227 e. The first kappa shape index (κ1) is 13.5. The first-order chi connectivity index (χ1) is 9.74. The summed E-state index contributed by atoms with van der Waals surface area (Å²) in [5, 5.41) is 3.25. The van der Waals surface area contributed by atoms with Crippen molar-refractivity contribution in [1.29, 1.82) is 0 Å². The Labute approximate surface area is 120 Å². The highest BCUT2D eigenvalue weighted by Crippen LogP contribution is 2.28. The zero-order valence-electron chi connectivity index (χ0n) is 12.1. The quantitative estimate of drug-likeness (QED) is 0.899. The average Bonchev–Trinajstić information content (AvgIpc) is 2.49. The van der Waals surface area contributed by atoms with Crippen molar-refractivity contribution < 1.29 is 9.53 Å². The second kappa shape index (κ2) is 5.86. The second-order valence-electron chi connectivity index (χ2n) is 6.20. The number of rotatable bonds is 2. The molecular weight excluding hydrogens is 250 g/mol. The van der Waals surface area contributed by atoms with Crippen LogP contribution < -0.4 is 10.1 Å². The molecule has 2 aliphatic rings. The number of carbonyl (C=O) groups excluding carboxylic acids is 1. The van der Waals surface area contributed by atoms with Crippen LogP contribution in [0.4, 0.5) is 0 Å². The van der Waals surface area contributed by atoms with Gasteiger partial charge >= 0.3 is 0 Å². The van der Waals surface area contributed by atoms with Gasteiger partial charge in [0.25, 0.3) is 0 Å². The zero-order chi connectivity index (χ0) is 13.9. The van der Waals surface area contributed by atoms with E-state index < -0.39 is 0 Å². The van der Waals surface area contributed by atoms with Gasteiger partial charge in [-0.05, 0) is 36.8 Å².